The number of aliphatic hydroxyl groups excluding tert-OH is 1. The topological polar surface area (TPSA) is 20.2 Å². The fraction of sp³-hybridized carbons (Fsp3) is 0.667. The quantitative estimate of drug-likeness (QED) is 0.692. The van der Waals surface area contributed by atoms with Crippen LogP contribution in [0.15, 0.2) is 23.8 Å². The van der Waals surface area contributed by atoms with E-state index in [-0.39, 0.29) is 17.4 Å². The molecule has 1 aliphatic carbocycles. The average Bonchev–Trinajstić information content (AvgIpc) is 2.04. The predicted octanol–water partition coefficient (Wildman–Crippen LogP) is 2.92. The molecule has 0 aromatic rings. The molecule has 0 aliphatic heterocycles. The van der Waals surface area contributed by atoms with Gasteiger partial charge in [0.1, 0.15) is 0 Å². The third kappa shape index (κ3) is 2.44. The van der Waals surface area contributed by atoms with Crippen LogP contribution in [0.5, 0.6) is 0 Å². The molecule has 0 bridgehead atoms. The van der Waals surface area contributed by atoms with E-state index in [1.807, 2.05) is 0 Å². The van der Waals surface area contributed by atoms with Crippen LogP contribution in [0.1, 0.15) is 34.1 Å². The summed E-state index contributed by atoms with van der Waals surface area (Å²) in [5.41, 5.74) is 1.46. The Morgan fingerprint density at radius 3 is 2.46 bits per heavy atom. The predicted molar refractivity (Wildman–Crippen MR) is 56.5 cm³/mol. The molecule has 1 nitrogen and oxygen atoms in total. The van der Waals surface area contributed by atoms with Crippen molar-refractivity contribution in [1.82, 2.24) is 0 Å². The SMILES string of the molecule is CC1(C)C=CC(C(C)(C)CO)=CC1. The lowest BCUT2D eigenvalue weighted by atomic mass is 9.76. The Hall–Kier alpha value is -0.560. The largest absolute Gasteiger partial charge is 0.395 e. The van der Waals surface area contributed by atoms with Gasteiger partial charge in [-0.05, 0) is 17.4 Å². The highest BCUT2D eigenvalue weighted by Crippen LogP contribution is 2.35. The summed E-state index contributed by atoms with van der Waals surface area (Å²) in [6.45, 7) is 8.80. The Kier molecular flexibility index (Phi) is 2.67. The van der Waals surface area contributed by atoms with Crippen LogP contribution in [0.4, 0.5) is 0 Å². The second kappa shape index (κ2) is 3.30. The van der Waals surface area contributed by atoms with Crippen LogP contribution < -0.4 is 0 Å². The summed E-state index contributed by atoms with van der Waals surface area (Å²) in [7, 11) is 0. The van der Waals surface area contributed by atoms with Gasteiger partial charge in [-0.25, -0.2) is 0 Å². The van der Waals surface area contributed by atoms with Gasteiger partial charge >= 0.3 is 0 Å². The normalized spacial score (nSPS) is 21.5. The summed E-state index contributed by atoms with van der Waals surface area (Å²) in [6.07, 6.45) is 7.71. The van der Waals surface area contributed by atoms with Crippen molar-refractivity contribution < 1.29 is 5.11 Å². The van der Waals surface area contributed by atoms with Gasteiger partial charge in [0, 0.05) is 5.41 Å². The van der Waals surface area contributed by atoms with E-state index in [1.54, 1.807) is 0 Å². The molecule has 0 fully saturated rings. The minimum atomic E-state index is -0.0903. The van der Waals surface area contributed by atoms with E-state index in [0.29, 0.717) is 0 Å². The van der Waals surface area contributed by atoms with Crippen molar-refractivity contribution >= 4 is 0 Å². The molecule has 0 amide bonds. The van der Waals surface area contributed by atoms with Gasteiger partial charge in [-0.3, -0.25) is 0 Å². The molecule has 0 atom stereocenters. The van der Waals surface area contributed by atoms with E-state index in [2.05, 4.69) is 45.9 Å². The number of allylic oxidation sites excluding steroid dienone is 3. The molecule has 74 valence electrons. The Bertz CT molecular complexity index is 244. The Labute approximate surface area is 81.2 Å². The summed E-state index contributed by atoms with van der Waals surface area (Å²) in [4.78, 5) is 0. The Balaban J connectivity index is 2.79. The van der Waals surface area contributed by atoms with Crippen molar-refractivity contribution in [1.29, 1.82) is 0 Å². The van der Waals surface area contributed by atoms with Gasteiger partial charge in [-0.1, -0.05) is 45.9 Å². The molecule has 1 heteroatoms. The summed E-state index contributed by atoms with van der Waals surface area (Å²) in [5, 5.41) is 9.20. The first kappa shape index (κ1) is 10.5. The van der Waals surface area contributed by atoms with E-state index >= 15 is 0 Å². The van der Waals surface area contributed by atoms with Gasteiger partial charge in [0.2, 0.25) is 0 Å². The van der Waals surface area contributed by atoms with Gasteiger partial charge in [-0.2, -0.15) is 0 Å². The first-order valence-corrected chi connectivity index (χ1v) is 4.88. The molecule has 1 rings (SSSR count). The monoisotopic (exact) mass is 180 g/mol. The van der Waals surface area contributed by atoms with Gasteiger partial charge in [0.25, 0.3) is 0 Å². The maximum absolute atomic E-state index is 9.20. The van der Waals surface area contributed by atoms with Crippen molar-refractivity contribution in [3.63, 3.8) is 0 Å². The molecular weight excluding hydrogens is 160 g/mol. The molecule has 0 radical (unpaired) electrons. The molecule has 0 saturated carbocycles. The van der Waals surface area contributed by atoms with Gasteiger partial charge in [-0.15, -0.1) is 0 Å². The van der Waals surface area contributed by atoms with Crippen LogP contribution >= 0.6 is 0 Å². The van der Waals surface area contributed by atoms with Gasteiger partial charge in [0.05, 0.1) is 6.61 Å². The van der Waals surface area contributed by atoms with Crippen LogP contribution in [-0.4, -0.2) is 11.7 Å². The maximum Gasteiger partial charge on any atom is 0.0522 e. The Morgan fingerprint density at radius 1 is 1.46 bits per heavy atom. The smallest absolute Gasteiger partial charge is 0.0522 e. The highest BCUT2D eigenvalue weighted by molar-refractivity contribution is 5.30. The number of aliphatic hydroxyl groups is 1. The maximum atomic E-state index is 9.20. The van der Waals surface area contributed by atoms with Gasteiger partial charge < -0.3 is 5.11 Å². The molecule has 0 aromatic carbocycles. The van der Waals surface area contributed by atoms with Crippen molar-refractivity contribution in [2.45, 2.75) is 34.1 Å². The number of hydrogen-bond acceptors (Lipinski definition) is 1. The third-order valence-electron chi connectivity index (χ3n) is 2.74. The highest BCUT2D eigenvalue weighted by atomic mass is 16.3. The zero-order valence-electron chi connectivity index (χ0n) is 9.09. The highest BCUT2D eigenvalue weighted by Gasteiger charge is 2.24. The van der Waals surface area contributed by atoms with Crippen molar-refractivity contribution in [2.75, 3.05) is 6.61 Å². The van der Waals surface area contributed by atoms with Crippen molar-refractivity contribution in [2.24, 2.45) is 10.8 Å². The first-order chi connectivity index (χ1) is 5.87. The molecule has 0 saturated heterocycles. The molecule has 1 N–H and O–H groups in total. The van der Waals surface area contributed by atoms with Crippen LogP contribution in [0.2, 0.25) is 0 Å². The van der Waals surface area contributed by atoms with E-state index in [9.17, 15) is 5.11 Å². The molecule has 1 aliphatic rings. The fourth-order valence-electron chi connectivity index (χ4n) is 1.42. The standard InChI is InChI=1S/C12H20O/c1-11(2)7-5-10(6-8-11)12(3,4)9-13/h5-7,13H,8-9H2,1-4H3. The van der Waals surface area contributed by atoms with E-state index in [4.69, 9.17) is 0 Å². The van der Waals surface area contributed by atoms with E-state index < -0.39 is 0 Å². The summed E-state index contributed by atoms with van der Waals surface area (Å²) in [6, 6.07) is 0. The van der Waals surface area contributed by atoms with Crippen molar-refractivity contribution in [3.05, 3.63) is 23.8 Å². The van der Waals surface area contributed by atoms with Gasteiger partial charge in [0.15, 0.2) is 0 Å². The Morgan fingerprint density at radius 2 is 2.08 bits per heavy atom. The van der Waals surface area contributed by atoms with Crippen molar-refractivity contribution in [3.8, 4) is 0 Å². The van der Waals surface area contributed by atoms with Crippen LogP contribution in [0.25, 0.3) is 0 Å². The lowest BCUT2D eigenvalue weighted by molar-refractivity contribution is 0.191. The molecular formula is C12H20O. The fourth-order valence-corrected chi connectivity index (χ4v) is 1.42. The molecule has 13 heavy (non-hydrogen) atoms. The molecule has 0 unspecified atom stereocenters. The van der Waals surface area contributed by atoms with Crippen LogP contribution in [0.3, 0.4) is 0 Å². The second-order valence-electron chi connectivity index (χ2n) is 5.23. The first-order valence-electron chi connectivity index (χ1n) is 4.88. The minimum Gasteiger partial charge on any atom is -0.395 e. The summed E-state index contributed by atoms with van der Waals surface area (Å²) < 4.78 is 0. The van der Waals surface area contributed by atoms with E-state index in [1.165, 1.54) is 5.57 Å². The lowest BCUT2D eigenvalue weighted by Gasteiger charge is -2.30. The summed E-state index contributed by atoms with van der Waals surface area (Å²) >= 11 is 0. The van der Waals surface area contributed by atoms with Crippen LogP contribution in [-0.2, 0) is 0 Å². The second-order valence-corrected chi connectivity index (χ2v) is 5.23. The summed E-state index contributed by atoms with van der Waals surface area (Å²) in [5.74, 6) is 0. The number of hydrogen-bond donors (Lipinski definition) is 1. The molecule has 0 heterocycles. The minimum absolute atomic E-state index is 0.0903. The zero-order valence-corrected chi connectivity index (χ0v) is 9.09. The van der Waals surface area contributed by atoms with E-state index in [0.717, 1.165) is 6.42 Å². The van der Waals surface area contributed by atoms with Crippen LogP contribution in [0, 0.1) is 10.8 Å². The molecule has 0 aromatic heterocycles. The zero-order chi connectivity index (χ0) is 10.1. The number of rotatable bonds is 2. The lowest BCUT2D eigenvalue weighted by Crippen LogP contribution is -2.21. The third-order valence-corrected chi connectivity index (χ3v) is 2.74. The average molecular weight is 180 g/mol. The molecule has 0 spiro atoms.